The van der Waals surface area contributed by atoms with Crippen LogP contribution in [0.25, 0.3) is 0 Å². The predicted octanol–water partition coefficient (Wildman–Crippen LogP) is -0.140. The monoisotopic (exact) mass is 180 g/mol. The first-order chi connectivity index (χ1) is 6.31. The molecule has 1 aromatic heterocycles. The number of carbonyl (C=O) groups excluding carboxylic acids is 1. The molecule has 0 aromatic carbocycles. The molecule has 2 heterocycles. The van der Waals surface area contributed by atoms with Crippen molar-refractivity contribution >= 4 is 5.91 Å². The molecule has 5 heteroatoms. The molecule has 1 saturated heterocycles. The average Bonchev–Trinajstić information content (AvgIpc) is 2.71. The first kappa shape index (κ1) is 8.25. The van der Waals surface area contributed by atoms with Crippen LogP contribution >= 0.6 is 0 Å². The van der Waals surface area contributed by atoms with E-state index in [1.807, 2.05) is 11.8 Å². The molecular weight excluding hydrogens is 168 g/mol. The SMILES string of the molecule is CCN1CC(=O)NC1c1ncc[nH]1. The van der Waals surface area contributed by atoms with Gasteiger partial charge < -0.3 is 10.3 Å². The number of imidazole rings is 1. The van der Waals surface area contributed by atoms with Crippen LogP contribution in [0.2, 0.25) is 0 Å². The molecule has 1 aromatic rings. The van der Waals surface area contributed by atoms with Gasteiger partial charge >= 0.3 is 0 Å². The summed E-state index contributed by atoms with van der Waals surface area (Å²) in [6, 6.07) is 0. The van der Waals surface area contributed by atoms with Crippen LogP contribution in [-0.4, -0.2) is 33.9 Å². The summed E-state index contributed by atoms with van der Waals surface area (Å²) in [5.74, 6) is 0.857. The van der Waals surface area contributed by atoms with Crippen LogP contribution in [0.1, 0.15) is 18.9 Å². The van der Waals surface area contributed by atoms with Crippen LogP contribution < -0.4 is 5.32 Å². The van der Waals surface area contributed by atoms with Gasteiger partial charge in [0.15, 0.2) is 0 Å². The van der Waals surface area contributed by atoms with E-state index in [1.54, 1.807) is 12.4 Å². The van der Waals surface area contributed by atoms with Gasteiger partial charge in [0, 0.05) is 12.4 Å². The third-order valence-corrected chi connectivity index (χ3v) is 2.19. The van der Waals surface area contributed by atoms with E-state index in [9.17, 15) is 4.79 Å². The molecule has 0 radical (unpaired) electrons. The van der Waals surface area contributed by atoms with Gasteiger partial charge in [-0.2, -0.15) is 0 Å². The molecule has 0 spiro atoms. The minimum atomic E-state index is -0.0764. The van der Waals surface area contributed by atoms with Crippen molar-refractivity contribution in [1.29, 1.82) is 0 Å². The third-order valence-electron chi connectivity index (χ3n) is 2.19. The normalized spacial score (nSPS) is 23.5. The minimum Gasteiger partial charge on any atom is -0.346 e. The topological polar surface area (TPSA) is 61.0 Å². The number of nitrogens with zero attached hydrogens (tertiary/aromatic N) is 2. The maximum Gasteiger partial charge on any atom is 0.235 e. The lowest BCUT2D eigenvalue weighted by molar-refractivity contribution is -0.118. The Balaban J connectivity index is 2.19. The number of hydrogen-bond acceptors (Lipinski definition) is 3. The highest BCUT2D eigenvalue weighted by Gasteiger charge is 2.30. The van der Waals surface area contributed by atoms with Crippen molar-refractivity contribution in [1.82, 2.24) is 20.2 Å². The predicted molar refractivity (Wildman–Crippen MR) is 46.7 cm³/mol. The van der Waals surface area contributed by atoms with E-state index < -0.39 is 0 Å². The van der Waals surface area contributed by atoms with Gasteiger partial charge in [-0.15, -0.1) is 0 Å². The molecular formula is C8H12N4O. The highest BCUT2D eigenvalue weighted by molar-refractivity contribution is 5.80. The lowest BCUT2D eigenvalue weighted by Gasteiger charge is -2.18. The Hall–Kier alpha value is -1.36. The highest BCUT2D eigenvalue weighted by atomic mass is 16.2. The number of carbonyl (C=O) groups is 1. The fourth-order valence-electron chi connectivity index (χ4n) is 1.53. The molecule has 2 rings (SSSR count). The molecule has 5 nitrogen and oxygen atoms in total. The Morgan fingerprint density at radius 2 is 2.62 bits per heavy atom. The van der Waals surface area contributed by atoms with Crippen LogP contribution in [0.5, 0.6) is 0 Å². The van der Waals surface area contributed by atoms with E-state index >= 15 is 0 Å². The summed E-state index contributed by atoms with van der Waals surface area (Å²) in [5.41, 5.74) is 0. The molecule has 70 valence electrons. The van der Waals surface area contributed by atoms with Crippen molar-refractivity contribution in [3.05, 3.63) is 18.2 Å². The fraction of sp³-hybridized carbons (Fsp3) is 0.500. The summed E-state index contributed by atoms with van der Waals surface area (Å²) in [6.07, 6.45) is 3.37. The summed E-state index contributed by atoms with van der Waals surface area (Å²) in [6.45, 7) is 3.32. The summed E-state index contributed by atoms with van der Waals surface area (Å²) in [4.78, 5) is 20.3. The Kier molecular flexibility index (Phi) is 2.02. The first-order valence-electron chi connectivity index (χ1n) is 4.34. The fourth-order valence-corrected chi connectivity index (χ4v) is 1.53. The van der Waals surface area contributed by atoms with Crippen molar-refractivity contribution in [3.8, 4) is 0 Å². The smallest absolute Gasteiger partial charge is 0.235 e. The molecule has 1 fully saturated rings. The van der Waals surface area contributed by atoms with E-state index in [1.165, 1.54) is 0 Å². The van der Waals surface area contributed by atoms with Gasteiger partial charge in [-0.3, -0.25) is 9.69 Å². The van der Waals surface area contributed by atoms with Gasteiger partial charge in [0.2, 0.25) is 5.91 Å². The Bertz CT molecular complexity index is 295. The second kappa shape index (κ2) is 3.18. The lowest BCUT2D eigenvalue weighted by Crippen LogP contribution is -2.28. The van der Waals surface area contributed by atoms with Gasteiger partial charge in [-0.05, 0) is 6.54 Å². The first-order valence-corrected chi connectivity index (χ1v) is 4.34. The maximum absolute atomic E-state index is 11.1. The lowest BCUT2D eigenvalue weighted by atomic mass is 10.4. The molecule has 2 N–H and O–H groups in total. The van der Waals surface area contributed by atoms with Gasteiger partial charge in [-0.25, -0.2) is 4.98 Å². The van der Waals surface area contributed by atoms with E-state index in [4.69, 9.17) is 0 Å². The zero-order chi connectivity index (χ0) is 9.26. The van der Waals surface area contributed by atoms with Crippen LogP contribution in [0.4, 0.5) is 0 Å². The number of nitrogens with one attached hydrogen (secondary N) is 2. The number of likely N-dealkylation sites (N-methyl/N-ethyl adjacent to an activating group) is 1. The molecule has 1 aliphatic rings. The van der Waals surface area contributed by atoms with E-state index in [0.717, 1.165) is 12.4 Å². The van der Waals surface area contributed by atoms with Gasteiger partial charge in [0.25, 0.3) is 0 Å². The van der Waals surface area contributed by atoms with Crippen LogP contribution in [-0.2, 0) is 4.79 Å². The van der Waals surface area contributed by atoms with Gasteiger partial charge in [0.1, 0.15) is 12.0 Å². The van der Waals surface area contributed by atoms with Crippen molar-refractivity contribution in [2.75, 3.05) is 13.1 Å². The zero-order valence-corrected chi connectivity index (χ0v) is 7.45. The van der Waals surface area contributed by atoms with E-state index in [2.05, 4.69) is 15.3 Å². The Morgan fingerprint density at radius 3 is 3.23 bits per heavy atom. The van der Waals surface area contributed by atoms with E-state index in [-0.39, 0.29) is 12.1 Å². The number of aromatic nitrogens is 2. The minimum absolute atomic E-state index is 0.0586. The Labute approximate surface area is 76.2 Å². The molecule has 1 amide bonds. The molecule has 1 unspecified atom stereocenters. The maximum atomic E-state index is 11.1. The second-order valence-corrected chi connectivity index (χ2v) is 3.01. The number of H-pyrrole nitrogens is 1. The van der Waals surface area contributed by atoms with Crippen molar-refractivity contribution < 1.29 is 4.79 Å². The zero-order valence-electron chi connectivity index (χ0n) is 7.45. The summed E-state index contributed by atoms with van der Waals surface area (Å²) in [7, 11) is 0. The largest absolute Gasteiger partial charge is 0.346 e. The van der Waals surface area contributed by atoms with Crippen molar-refractivity contribution in [2.45, 2.75) is 13.1 Å². The number of amides is 1. The highest BCUT2D eigenvalue weighted by Crippen LogP contribution is 2.17. The van der Waals surface area contributed by atoms with Gasteiger partial charge in [-0.1, -0.05) is 6.92 Å². The molecule has 0 saturated carbocycles. The van der Waals surface area contributed by atoms with E-state index in [0.29, 0.717) is 6.54 Å². The second-order valence-electron chi connectivity index (χ2n) is 3.01. The molecule has 0 bridgehead atoms. The molecule has 0 aliphatic carbocycles. The Morgan fingerprint density at radius 1 is 1.77 bits per heavy atom. The number of aromatic amines is 1. The quantitative estimate of drug-likeness (QED) is 0.666. The van der Waals surface area contributed by atoms with Crippen molar-refractivity contribution in [2.24, 2.45) is 0 Å². The average molecular weight is 180 g/mol. The summed E-state index contributed by atoms with van der Waals surface area (Å²) < 4.78 is 0. The third kappa shape index (κ3) is 1.42. The molecule has 1 atom stereocenters. The van der Waals surface area contributed by atoms with Gasteiger partial charge in [0.05, 0.1) is 6.54 Å². The summed E-state index contributed by atoms with van der Waals surface area (Å²) >= 11 is 0. The standard InChI is InChI=1S/C8H12N4O/c1-2-12-5-6(13)11-8(12)7-9-3-4-10-7/h3-4,8H,2,5H2,1H3,(H,9,10)(H,11,13). The molecule has 1 aliphatic heterocycles. The van der Waals surface area contributed by atoms with Crippen LogP contribution in [0.15, 0.2) is 12.4 Å². The molecule has 13 heavy (non-hydrogen) atoms. The summed E-state index contributed by atoms with van der Waals surface area (Å²) in [5, 5.41) is 2.85. The van der Waals surface area contributed by atoms with Crippen LogP contribution in [0.3, 0.4) is 0 Å². The van der Waals surface area contributed by atoms with Crippen LogP contribution in [0, 0.1) is 0 Å². The van der Waals surface area contributed by atoms with Crippen molar-refractivity contribution in [3.63, 3.8) is 0 Å². The number of hydrogen-bond donors (Lipinski definition) is 2. The number of rotatable bonds is 2.